The number of carbonyl (C=O) groups excluding carboxylic acids is 1. The van der Waals surface area contributed by atoms with Gasteiger partial charge in [0.15, 0.2) is 5.65 Å². The van der Waals surface area contributed by atoms with E-state index in [2.05, 4.69) is 46.5 Å². The Labute approximate surface area is 203 Å². The van der Waals surface area contributed by atoms with E-state index in [1.54, 1.807) is 24.2 Å². The highest BCUT2D eigenvalue weighted by Crippen LogP contribution is 2.33. The maximum absolute atomic E-state index is 13.0. The van der Waals surface area contributed by atoms with Crippen LogP contribution in [0.3, 0.4) is 0 Å². The summed E-state index contributed by atoms with van der Waals surface area (Å²) in [5.41, 5.74) is 3.90. The summed E-state index contributed by atoms with van der Waals surface area (Å²) in [7, 11) is 1.59. The minimum Gasteiger partial charge on any atom is -0.495 e. The SMILES string of the molecule is COc1ccc(C(C)(C)C)cc1NC(=O)Nc1ccc(-n2ncc3cncnc32)c2ccccc12. The minimum absolute atomic E-state index is 0.0627. The van der Waals surface area contributed by atoms with Gasteiger partial charge in [0.25, 0.3) is 0 Å². The van der Waals surface area contributed by atoms with Crippen LogP contribution in [0.4, 0.5) is 16.2 Å². The number of anilines is 2. The van der Waals surface area contributed by atoms with E-state index in [1.807, 2.05) is 54.6 Å². The van der Waals surface area contributed by atoms with Crippen LogP contribution in [0.2, 0.25) is 0 Å². The molecule has 5 rings (SSSR count). The lowest BCUT2D eigenvalue weighted by Crippen LogP contribution is -2.21. The van der Waals surface area contributed by atoms with Crippen molar-refractivity contribution in [1.29, 1.82) is 0 Å². The molecule has 2 amide bonds. The summed E-state index contributed by atoms with van der Waals surface area (Å²) in [6.07, 6.45) is 4.98. The van der Waals surface area contributed by atoms with Gasteiger partial charge >= 0.3 is 6.03 Å². The van der Waals surface area contributed by atoms with Crippen molar-refractivity contribution < 1.29 is 9.53 Å². The molecule has 176 valence electrons. The molecule has 0 aliphatic rings. The normalized spacial score (nSPS) is 11.5. The van der Waals surface area contributed by atoms with Crippen molar-refractivity contribution in [1.82, 2.24) is 19.7 Å². The molecule has 8 heteroatoms. The van der Waals surface area contributed by atoms with Gasteiger partial charge in [-0.1, -0.05) is 51.1 Å². The fraction of sp³-hybridized carbons (Fsp3) is 0.185. The second-order valence-electron chi connectivity index (χ2n) is 9.28. The van der Waals surface area contributed by atoms with Crippen LogP contribution in [0.25, 0.3) is 27.5 Å². The minimum atomic E-state index is -0.357. The Hall–Kier alpha value is -4.46. The van der Waals surface area contributed by atoms with Crippen LogP contribution in [0.15, 0.2) is 73.3 Å². The van der Waals surface area contributed by atoms with Gasteiger partial charge in [0, 0.05) is 17.0 Å². The zero-order valence-corrected chi connectivity index (χ0v) is 20.0. The smallest absolute Gasteiger partial charge is 0.323 e. The number of methoxy groups -OCH3 is 1. The molecule has 0 unspecified atom stereocenters. The highest BCUT2D eigenvalue weighted by atomic mass is 16.5. The summed E-state index contributed by atoms with van der Waals surface area (Å²) >= 11 is 0. The van der Waals surface area contributed by atoms with Crippen molar-refractivity contribution in [3.05, 3.63) is 78.9 Å². The zero-order valence-electron chi connectivity index (χ0n) is 20.0. The lowest BCUT2D eigenvalue weighted by Gasteiger charge is -2.21. The third-order valence-electron chi connectivity index (χ3n) is 5.92. The highest BCUT2D eigenvalue weighted by molar-refractivity contribution is 6.08. The Morgan fingerprint density at radius 3 is 2.49 bits per heavy atom. The summed E-state index contributed by atoms with van der Waals surface area (Å²) in [6, 6.07) is 17.1. The number of amides is 2. The molecule has 2 heterocycles. The van der Waals surface area contributed by atoms with E-state index in [-0.39, 0.29) is 11.4 Å². The molecule has 5 aromatic rings. The largest absolute Gasteiger partial charge is 0.495 e. The quantitative estimate of drug-likeness (QED) is 0.343. The van der Waals surface area contributed by atoms with Crippen LogP contribution in [0, 0.1) is 0 Å². The van der Waals surface area contributed by atoms with Crippen LogP contribution in [-0.2, 0) is 5.41 Å². The van der Waals surface area contributed by atoms with Gasteiger partial charge in [0.2, 0.25) is 0 Å². The van der Waals surface area contributed by atoms with Crippen LogP contribution < -0.4 is 15.4 Å². The first-order valence-electron chi connectivity index (χ1n) is 11.3. The van der Waals surface area contributed by atoms with Gasteiger partial charge in [-0.3, -0.25) is 0 Å². The Morgan fingerprint density at radius 2 is 1.71 bits per heavy atom. The summed E-state index contributed by atoms with van der Waals surface area (Å²) in [6.45, 7) is 6.38. The van der Waals surface area contributed by atoms with Crippen molar-refractivity contribution in [2.75, 3.05) is 17.7 Å². The molecule has 3 aromatic carbocycles. The molecular formula is C27H26N6O2. The fourth-order valence-electron chi connectivity index (χ4n) is 4.08. The van der Waals surface area contributed by atoms with E-state index in [0.717, 1.165) is 33.1 Å². The van der Waals surface area contributed by atoms with Crippen LogP contribution >= 0.6 is 0 Å². The van der Waals surface area contributed by atoms with Crippen molar-refractivity contribution in [3.63, 3.8) is 0 Å². The molecule has 0 spiro atoms. The standard InChI is InChI=1S/C27H26N6O2/c1-27(2,3)18-9-12-24(35-4)22(13-18)32-26(34)31-21-10-11-23(20-8-6-5-7-19(20)21)33-25-17(15-30-33)14-28-16-29-25/h5-16H,1-4H3,(H2,31,32,34). The van der Waals surface area contributed by atoms with Crippen molar-refractivity contribution in [3.8, 4) is 11.4 Å². The van der Waals surface area contributed by atoms with E-state index in [0.29, 0.717) is 17.1 Å². The molecule has 8 nitrogen and oxygen atoms in total. The Bertz CT molecular complexity index is 1550. The van der Waals surface area contributed by atoms with Crippen molar-refractivity contribution >= 4 is 39.2 Å². The monoisotopic (exact) mass is 466 g/mol. The third kappa shape index (κ3) is 4.26. The molecule has 0 aliphatic heterocycles. The number of benzene rings is 3. The average Bonchev–Trinajstić information content (AvgIpc) is 3.27. The molecule has 2 aromatic heterocycles. The van der Waals surface area contributed by atoms with Gasteiger partial charge in [0.05, 0.1) is 35.8 Å². The Balaban J connectivity index is 1.48. The summed E-state index contributed by atoms with van der Waals surface area (Å²) in [4.78, 5) is 21.5. The Morgan fingerprint density at radius 1 is 0.943 bits per heavy atom. The number of nitrogens with one attached hydrogen (secondary N) is 2. The first-order chi connectivity index (χ1) is 16.8. The molecule has 0 aliphatic carbocycles. The molecular weight excluding hydrogens is 440 g/mol. The van der Waals surface area contributed by atoms with Crippen LogP contribution in [0.1, 0.15) is 26.3 Å². The second-order valence-corrected chi connectivity index (χ2v) is 9.28. The average molecular weight is 467 g/mol. The summed E-state index contributed by atoms with van der Waals surface area (Å²) in [5, 5.41) is 13.1. The van der Waals surface area contributed by atoms with Crippen LogP contribution in [-0.4, -0.2) is 32.9 Å². The zero-order chi connectivity index (χ0) is 24.6. The molecule has 35 heavy (non-hydrogen) atoms. The lowest BCUT2D eigenvalue weighted by molar-refractivity contribution is 0.262. The van der Waals surface area contributed by atoms with E-state index in [1.165, 1.54) is 6.33 Å². The number of hydrogen-bond acceptors (Lipinski definition) is 5. The van der Waals surface area contributed by atoms with Gasteiger partial charge in [-0.15, -0.1) is 0 Å². The number of fused-ring (bicyclic) bond motifs is 2. The first-order valence-corrected chi connectivity index (χ1v) is 11.3. The molecule has 0 saturated heterocycles. The van der Waals surface area contributed by atoms with Crippen molar-refractivity contribution in [2.24, 2.45) is 0 Å². The number of carbonyl (C=O) groups is 1. The number of ether oxygens (including phenoxy) is 1. The maximum atomic E-state index is 13.0. The predicted octanol–water partition coefficient (Wildman–Crippen LogP) is 5.92. The number of urea groups is 1. The molecule has 0 saturated carbocycles. The predicted molar refractivity (Wildman–Crippen MR) is 139 cm³/mol. The number of nitrogens with zero attached hydrogens (tertiary/aromatic N) is 4. The van der Waals surface area contributed by atoms with Gasteiger partial charge in [-0.05, 0) is 35.2 Å². The lowest BCUT2D eigenvalue weighted by atomic mass is 9.87. The third-order valence-corrected chi connectivity index (χ3v) is 5.92. The van der Waals surface area contributed by atoms with Gasteiger partial charge in [-0.25, -0.2) is 19.4 Å². The molecule has 0 fully saturated rings. The number of hydrogen-bond donors (Lipinski definition) is 2. The van der Waals surface area contributed by atoms with Crippen molar-refractivity contribution in [2.45, 2.75) is 26.2 Å². The molecule has 0 bridgehead atoms. The van der Waals surface area contributed by atoms with E-state index < -0.39 is 0 Å². The van der Waals surface area contributed by atoms with E-state index >= 15 is 0 Å². The molecule has 0 atom stereocenters. The maximum Gasteiger partial charge on any atom is 0.323 e. The number of aromatic nitrogens is 4. The Kier molecular flexibility index (Phi) is 5.56. The summed E-state index contributed by atoms with van der Waals surface area (Å²) in [5.74, 6) is 0.598. The van der Waals surface area contributed by atoms with E-state index in [4.69, 9.17) is 4.74 Å². The first kappa shape index (κ1) is 22.3. The molecule has 2 N–H and O–H groups in total. The molecule has 0 radical (unpaired) electrons. The summed E-state index contributed by atoms with van der Waals surface area (Å²) < 4.78 is 7.25. The second kappa shape index (κ2) is 8.72. The topological polar surface area (TPSA) is 94.0 Å². The van der Waals surface area contributed by atoms with E-state index in [9.17, 15) is 4.79 Å². The van der Waals surface area contributed by atoms with Crippen LogP contribution in [0.5, 0.6) is 5.75 Å². The fourth-order valence-corrected chi connectivity index (χ4v) is 4.08. The highest BCUT2D eigenvalue weighted by Gasteiger charge is 2.18. The van der Waals surface area contributed by atoms with Gasteiger partial charge < -0.3 is 15.4 Å². The van der Waals surface area contributed by atoms with Gasteiger partial charge in [0.1, 0.15) is 12.1 Å². The van der Waals surface area contributed by atoms with Gasteiger partial charge in [-0.2, -0.15) is 5.10 Å². The number of rotatable bonds is 4.